The maximum Gasteiger partial charge on any atom is 0.387 e. The number of amides is 1. The first-order valence-electron chi connectivity index (χ1n) is 11.1. The number of piperazine rings is 1. The zero-order chi connectivity index (χ0) is 24.2. The van der Waals surface area contributed by atoms with Gasteiger partial charge in [-0.25, -0.2) is 0 Å². The van der Waals surface area contributed by atoms with E-state index in [0.29, 0.717) is 49.2 Å². The third-order valence-corrected chi connectivity index (χ3v) is 5.74. The lowest BCUT2D eigenvalue weighted by molar-refractivity contribution is -0.0499. The molecule has 0 bridgehead atoms. The van der Waals surface area contributed by atoms with Gasteiger partial charge in [-0.1, -0.05) is 35.5 Å². The average molecular weight is 480 g/mol. The molecule has 3 heterocycles. The van der Waals surface area contributed by atoms with Crippen LogP contribution in [-0.4, -0.2) is 58.6 Å². The van der Waals surface area contributed by atoms with Crippen molar-refractivity contribution >= 4 is 5.91 Å². The van der Waals surface area contributed by atoms with Crippen LogP contribution in [0.1, 0.15) is 15.9 Å². The molecular weight excluding hydrogens is 458 g/mol. The summed E-state index contributed by atoms with van der Waals surface area (Å²) in [4.78, 5) is 21.2. The van der Waals surface area contributed by atoms with Gasteiger partial charge >= 0.3 is 6.61 Å². The Morgan fingerprint density at radius 3 is 2.54 bits per heavy atom. The number of furan rings is 1. The Balaban J connectivity index is 1.15. The molecule has 0 spiro atoms. The Kier molecular flexibility index (Phi) is 6.53. The third-order valence-electron chi connectivity index (χ3n) is 5.74. The summed E-state index contributed by atoms with van der Waals surface area (Å²) in [5.41, 5.74) is 2.30. The highest BCUT2D eigenvalue weighted by molar-refractivity contribution is 5.94. The second-order valence-corrected chi connectivity index (χ2v) is 8.07. The molecule has 1 amide bonds. The van der Waals surface area contributed by atoms with Crippen molar-refractivity contribution in [1.82, 2.24) is 19.9 Å². The van der Waals surface area contributed by atoms with Crippen LogP contribution in [0.4, 0.5) is 8.78 Å². The van der Waals surface area contributed by atoms with Crippen molar-refractivity contribution < 1.29 is 27.3 Å². The lowest BCUT2D eigenvalue weighted by Crippen LogP contribution is -2.48. The normalized spacial score (nSPS) is 14.4. The summed E-state index contributed by atoms with van der Waals surface area (Å²) in [6.07, 6.45) is 1.55. The Morgan fingerprint density at radius 1 is 1.03 bits per heavy atom. The predicted molar refractivity (Wildman–Crippen MR) is 122 cm³/mol. The van der Waals surface area contributed by atoms with Crippen molar-refractivity contribution in [3.05, 3.63) is 78.1 Å². The number of hydrogen-bond acceptors (Lipinski definition) is 7. The molecule has 35 heavy (non-hydrogen) atoms. The second-order valence-electron chi connectivity index (χ2n) is 8.07. The van der Waals surface area contributed by atoms with E-state index >= 15 is 0 Å². The standard InChI is InChI=1S/C25H22F2N4O4/c26-25(27)34-20-4-1-3-19(15-20)24(32)31-12-10-30(11-13-31)16-17-6-8-18(9-7-17)22-28-23(35-29-22)21-5-2-14-33-21/h1-9,14-15,25H,10-13,16H2. The molecule has 1 saturated heterocycles. The number of carbonyl (C=O) groups excluding carboxylic acids is 1. The van der Waals surface area contributed by atoms with Crippen LogP contribution in [-0.2, 0) is 6.54 Å². The lowest BCUT2D eigenvalue weighted by Gasteiger charge is -2.34. The Bertz CT molecular complexity index is 1270. The minimum atomic E-state index is -2.93. The number of hydrogen-bond donors (Lipinski definition) is 0. The molecule has 0 saturated carbocycles. The van der Waals surface area contributed by atoms with E-state index in [1.165, 1.54) is 18.2 Å². The van der Waals surface area contributed by atoms with Crippen LogP contribution in [0.5, 0.6) is 5.75 Å². The van der Waals surface area contributed by atoms with Crippen LogP contribution in [0, 0.1) is 0 Å². The topological polar surface area (TPSA) is 84.8 Å². The second kappa shape index (κ2) is 10.1. The van der Waals surface area contributed by atoms with Crippen LogP contribution in [0.2, 0.25) is 0 Å². The fraction of sp³-hybridized carbons (Fsp3) is 0.240. The molecule has 0 unspecified atom stereocenters. The van der Waals surface area contributed by atoms with Crippen molar-refractivity contribution in [3.8, 4) is 28.8 Å². The molecule has 10 heteroatoms. The number of carbonyl (C=O) groups is 1. The van der Waals surface area contributed by atoms with Gasteiger partial charge in [-0.2, -0.15) is 13.8 Å². The highest BCUT2D eigenvalue weighted by atomic mass is 19.3. The SMILES string of the molecule is O=C(c1cccc(OC(F)F)c1)N1CCN(Cc2ccc(-c3noc(-c4ccco4)n3)cc2)CC1. The van der Waals surface area contributed by atoms with Crippen LogP contribution in [0.25, 0.3) is 23.0 Å². The van der Waals surface area contributed by atoms with Crippen LogP contribution in [0.15, 0.2) is 75.9 Å². The van der Waals surface area contributed by atoms with Gasteiger partial charge in [0, 0.05) is 43.9 Å². The molecule has 5 rings (SSSR count). The van der Waals surface area contributed by atoms with Gasteiger partial charge in [0.2, 0.25) is 5.82 Å². The molecule has 2 aromatic carbocycles. The quantitative estimate of drug-likeness (QED) is 0.384. The number of ether oxygens (including phenoxy) is 1. The highest BCUT2D eigenvalue weighted by Gasteiger charge is 2.23. The molecule has 8 nitrogen and oxygen atoms in total. The minimum absolute atomic E-state index is 0.0223. The number of benzene rings is 2. The predicted octanol–water partition coefficient (Wildman–Crippen LogP) is 4.56. The average Bonchev–Trinajstić information content (AvgIpc) is 3.57. The number of aromatic nitrogens is 2. The van der Waals surface area contributed by atoms with E-state index in [1.807, 2.05) is 24.3 Å². The molecule has 1 aliphatic heterocycles. The van der Waals surface area contributed by atoms with Gasteiger partial charge < -0.3 is 18.6 Å². The van der Waals surface area contributed by atoms with E-state index < -0.39 is 6.61 Å². The molecule has 1 fully saturated rings. The molecular formula is C25H22F2N4O4. The van der Waals surface area contributed by atoms with Crippen molar-refractivity contribution in [2.24, 2.45) is 0 Å². The zero-order valence-corrected chi connectivity index (χ0v) is 18.6. The minimum Gasteiger partial charge on any atom is -0.459 e. The lowest BCUT2D eigenvalue weighted by atomic mass is 10.1. The first-order chi connectivity index (χ1) is 17.0. The van der Waals surface area contributed by atoms with E-state index in [0.717, 1.165) is 17.7 Å². The Hall–Kier alpha value is -4.05. The van der Waals surface area contributed by atoms with Gasteiger partial charge in [-0.15, -0.1) is 0 Å². The van der Waals surface area contributed by atoms with E-state index in [-0.39, 0.29) is 11.7 Å². The molecule has 4 aromatic rings. The summed E-state index contributed by atoms with van der Waals surface area (Å²) in [5, 5.41) is 4.02. The van der Waals surface area contributed by atoms with Gasteiger partial charge in [-0.3, -0.25) is 9.69 Å². The van der Waals surface area contributed by atoms with Gasteiger partial charge in [0.25, 0.3) is 11.8 Å². The highest BCUT2D eigenvalue weighted by Crippen LogP contribution is 2.23. The molecule has 0 radical (unpaired) electrons. The van der Waals surface area contributed by atoms with Crippen molar-refractivity contribution in [1.29, 1.82) is 0 Å². The molecule has 0 atom stereocenters. The molecule has 2 aromatic heterocycles. The monoisotopic (exact) mass is 480 g/mol. The van der Waals surface area contributed by atoms with Crippen LogP contribution >= 0.6 is 0 Å². The molecule has 0 N–H and O–H groups in total. The van der Waals surface area contributed by atoms with Crippen molar-refractivity contribution in [3.63, 3.8) is 0 Å². The fourth-order valence-corrected chi connectivity index (χ4v) is 3.96. The third kappa shape index (κ3) is 5.38. The van der Waals surface area contributed by atoms with E-state index in [1.54, 1.807) is 29.4 Å². The van der Waals surface area contributed by atoms with E-state index in [9.17, 15) is 13.6 Å². The maximum absolute atomic E-state index is 12.8. The van der Waals surface area contributed by atoms with Crippen molar-refractivity contribution in [2.75, 3.05) is 26.2 Å². The molecule has 0 aliphatic carbocycles. The van der Waals surface area contributed by atoms with Gasteiger partial charge in [0.05, 0.1) is 6.26 Å². The smallest absolute Gasteiger partial charge is 0.387 e. The summed E-state index contributed by atoms with van der Waals surface area (Å²) >= 11 is 0. The first-order valence-corrected chi connectivity index (χ1v) is 11.1. The number of alkyl halides is 2. The van der Waals surface area contributed by atoms with Crippen LogP contribution < -0.4 is 4.74 Å². The Morgan fingerprint density at radius 2 is 1.83 bits per heavy atom. The molecule has 1 aliphatic rings. The van der Waals surface area contributed by atoms with E-state index in [4.69, 9.17) is 8.94 Å². The fourth-order valence-electron chi connectivity index (χ4n) is 3.96. The zero-order valence-electron chi connectivity index (χ0n) is 18.6. The Labute approximate surface area is 199 Å². The first kappa shape index (κ1) is 22.7. The largest absolute Gasteiger partial charge is 0.459 e. The van der Waals surface area contributed by atoms with Gasteiger partial charge in [0.15, 0.2) is 5.76 Å². The summed E-state index contributed by atoms with van der Waals surface area (Å²) in [7, 11) is 0. The summed E-state index contributed by atoms with van der Waals surface area (Å²) in [5.74, 6) is 1.12. The van der Waals surface area contributed by atoms with Gasteiger partial charge in [-0.05, 0) is 35.9 Å². The number of rotatable bonds is 7. The van der Waals surface area contributed by atoms with Crippen LogP contribution in [0.3, 0.4) is 0 Å². The summed E-state index contributed by atoms with van der Waals surface area (Å²) in [6.45, 7) is 0.328. The van der Waals surface area contributed by atoms with Gasteiger partial charge in [0.1, 0.15) is 5.75 Å². The summed E-state index contributed by atoms with van der Waals surface area (Å²) in [6, 6.07) is 17.3. The number of halogens is 2. The summed E-state index contributed by atoms with van der Waals surface area (Å²) < 4.78 is 39.9. The molecule has 180 valence electrons. The van der Waals surface area contributed by atoms with Crippen molar-refractivity contribution in [2.45, 2.75) is 13.2 Å². The number of nitrogens with zero attached hydrogens (tertiary/aromatic N) is 4. The van der Waals surface area contributed by atoms with E-state index in [2.05, 4.69) is 19.8 Å². The maximum atomic E-state index is 12.8.